The van der Waals surface area contributed by atoms with Gasteiger partial charge in [-0.05, 0) is 0 Å². The van der Waals surface area contributed by atoms with Crippen LogP contribution in [0, 0.1) is 46.5 Å². The van der Waals surface area contributed by atoms with E-state index in [1.165, 1.54) is 0 Å². The average Bonchev–Trinajstić information content (AvgIpc) is 2.56. The Bertz CT molecular complexity index is 976. The third kappa shape index (κ3) is 1.70. The smallest absolute Gasteiger partial charge is 0.198 e. The van der Waals surface area contributed by atoms with Crippen LogP contribution in [0.2, 0.25) is 0 Å². The van der Waals surface area contributed by atoms with E-state index in [-0.39, 0.29) is 0 Å². The Balaban J connectivity index is 2.87. The number of fused-ring (bicyclic) bond motifs is 3. The molecule has 3 aromatic carbocycles. The van der Waals surface area contributed by atoms with Crippen molar-refractivity contribution in [1.29, 1.82) is 0 Å². The van der Waals surface area contributed by atoms with Gasteiger partial charge in [0, 0.05) is 10.8 Å². The molecule has 2 N–H and O–H groups in total. The molecule has 0 aliphatic heterocycles. The molecule has 24 heavy (non-hydrogen) atoms. The lowest BCUT2D eigenvalue weighted by Crippen LogP contribution is -2.04. The highest BCUT2D eigenvalue weighted by molar-refractivity contribution is 6.14. The lowest BCUT2D eigenvalue weighted by atomic mass is 9.97. The molecule has 0 bridgehead atoms. The van der Waals surface area contributed by atoms with Crippen molar-refractivity contribution >= 4 is 21.5 Å². The van der Waals surface area contributed by atoms with Gasteiger partial charge in [-0.2, -0.15) is 0 Å². The van der Waals surface area contributed by atoms with E-state index in [2.05, 4.69) is 0 Å². The Morgan fingerprint density at radius 2 is 0.542 bits per heavy atom. The van der Waals surface area contributed by atoms with Gasteiger partial charge in [-0.25, -0.2) is 35.1 Å². The Kier molecular flexibility index (Phi) is 3.26. The maximum absolute atomic E-state index is 13.9. The molecule has 0 saturated heterocycles. The first-order chi connectivity index (χ1) is 11.1. The molecule has 2 nitrogen and oxygen atoms in total. The highest BCUT2D eigenvalue weighted by Crippen LogP contribution is 2.47. The Morgan fingerprint density at radius 3 is 0.792 bits per heavy atom. The van der Waals surface area contributed by atoms with Crippen LogP contribution in [0.5, 0.6) is 11.5 Å². The molecular formula is C14H2F8O2. The molecule has 0 heterocycles. The van der Waals surface area contributed by atoms with E-state index in [4.69, 9.17) is 0 Å². The maximum atomic E-state index is 13.9. The molecule has 0 amide bonds. The minimum atomic E-state index is -2.46. The summed E-state index contributed by atoms with van der Waals surface area (Å²) >= 11 is 0. The van der Waals surface area contributed by atoms with Crippen molar-refractivity contribution < 1.29 is 45.3 Å². The first-order valence-electron chi connectivity index (χ1n) is 5.96. The van der Waals surface area contributed by atoms with Gasteiger partial charge in [0.15, 0.2) is 58.0 Å². The first kappa shape index (κ1) is 16.1. The Labute approximate surface area is 126 Å². The van der Waals surface area contributed by atoms with Gasteiger partial charge in [-0.15, -0.1) is 0 Å². The molecule has 3 rings (SSSR count). The van der Waals surface area contributed by atoms with Crippen LogP contribution in [0.15, 0.2) is 0 Å². The van der Waals surface area contributed by atoms with Crippen LogP contribution in [0.4, 0.5) is 35.1 Å². The first-order valence-corrected chi connectivity index (χ1v) is 5.96. The van der Waals surface area contributed by atoms with E-state index in [1.807, 2.05) is 0 Å². The molecular weight excluding hydrogens is 352 g/mol. The number of phenols is 2. The van der Waals surface area contributed by atoms with E-state index in [1.54, 1.807) is 0 Å². The predicted octanol–water partition coefficient (Wildman–Crippen LogP) is 4.52. The summed E-state index contributed by atoms with van der Waals surface area (Å²) in [4.78, 5) is 0. The van der Waals surface area contributed by atoms with Gasteiger partial charge in [-0.3, -0.25) is 0 Å². The number of aromatic hydroxyl groups is 2. The third-order valence-corrected chi connectivity index (χ3v) is 3.48. The fourth-order valence-corrected chi connectivity index (χ4v) is 2.41. The molecule has 0 aliphatic carbocycles. The van der Waals surface area contributed by atoms with E-state index in [0.29, 0.717) is 0 Å². The summed E-state index contributed by atoms with van der Waals surface area (Å²) in [6.45, 7) is 0. The van der Waals surface area contributed by atoms with E-state index in [9.17, 15) is 45.3 Å². The maximum Gasteiger partial charge on any atom is 0.198 e. The molecule has 0 spiro atoms. The summed E-state index contributed by atoms with van der Waals surface area (Å²) in [5, 5.41) is 12.9. The lowest BCUT2D eigenvalue weighted by molar-refractivity contribution is 0.394. The van der Waals surface area contributed by atoms with E-state index >= 15 is 0 Å². The topological polar surface area (TPSA) is 40.5 Å². The molecule has 0 aromatic heterocycles. The zero-order valence-corrected chi connectivity index (χ0v) is 10.9. The van der Waals surface area contributed by atoms with Gasteiger partial charge < -0.3 is 10.2 Å². The fourth-order valence-electron chi connectivity index (χ4n) is 2.41. The van der Waals surface area contributed by atoms with Crippen molar-refractivity contribution in [1.82, 2.24) is 0 Å². The summed E-state index contributed by atoms with van der Waals surface area (Å²) in [6.07, 6.45) is 0. The summed E-state index contributed by atoms with van der Waals surface area (Å²) in [6, 6.07) is 0. The van der Waals surface area contributed by atoms with Gasteiger partial charge in [0.1, 0.15) is 0 Å². The van der Waals surface area contributed by atoms with Crippen LogP contribution in [-0.4, -0.2) is 10.2 Å². The lowest BCUT2D eigenvalue weighted by Gasteiger charge is -2.14. The van der Waals surface area contributed by atoms with Gasteiger partial charge in [-0.1, -0.05) is 0 Å². The molecule has 0 aliphatic rings. The highest BCUT2D eigenvalue weighted by Gasteiger charge is 2.32. The minimum Gasteiger partial charge on any atom is -0.504 e. The molecule has 0 fully saturated rings. The van der Waals surface area contributed by atoms with Crippen molar-refractivity contribution in [3.63, 3.8) is 0 Å². The standard InChI is InChI=1S/C14H2F8O2/c15-5-1-2-4(8(18)12(22)10(20)6(2)16)14(24)13(23)3(1)7(17)11(21)9(5)19/h23-24H. The fraction of sp³-hybridized carbons (Fsp3) is 0. The minimum absolute atomic E-state index is 1.57. The van der Waals surface area contributed by atoms with Gasteiger partial charge in [0.25, 0.3) is 0 Å². The van der Waals surface area contributed by atoms with Crippen molar-refractivity contribution in [2.45, 2.75) is 0 Å². The largest absolute Gasteiger partial charge is 0.504 e. The third-order valence-electron chi connectivity index (χ3n) is 3.48. The van der Waals surface area contributed by atoms with Crippen LogP contribution < -0.4 is 0 Å². The van der Waals surface area contributed by atoms with Crippen LogP contribution in [-0.2, 0) is 0 Å². The van der Waals surface area contributed by atoms with E-state index in [0.717, 1.165) is 0 Å². The highest BCUT2D eigenvalue weighted by atomic mass is 19.2. The second-order valence-electron chi connectivity index (χ2n) is 4.71. The number of phenolic OH excluding ortho intramolecular Hbond substituents is 2. The number of halogens is 8. The second kappa shape index (κ2) is 4.86. The average molecular weight is 354 g/mol. The summed E-state index contributed by atoms with van der Waals surface area (Å²) < 4.78 is 109. The molecule has 126 valence electrons. The second-order valence-corrected chi connectivity index (χ2v) is 4.71. The zero-order chi connectivity index (χ0) is 18.1. The summed E-state index contributed by atoms with van der Waals surface area (Å²) in [7, 11) is 0. The van der Waals surface area contributed by atoms with Crippen molar-refractivity contribution in [3.8, 4) is 11.5 Å². The molecule has 0 saturated carbocycles. The zero-order valence-electron chi connectivity index (χ0n) is 10.9. The van der Waals surface area contributed by atoms with Crippen LogP contribution >= 0.6 is 0 Å². The summed E-state index contributed by atoms with van der Waals surface area (Å²) in [5.41, 5.74) is 0. The number of hydrogen-bond donors (Lipinski definition) is 2. The quantitative estimate of drug-likeness (QED) is 0.205. The number of benzene rings is 3. The SMILES string of the molecule is Oc1c(O)c2c(F)c(F)c(F)c(F)c2c2c(F)c(F)c(F)c(F)c12. The normalized spacial score (nSPS) is 11.7. The predicted molar refractivity (Wildman–Crippen MR) is 64.4 cm³/mol. The molecule has 0 atom stereocenters. The van der Waals surface area contributed by atoms with Gasteiger partial charge in [0.2, 0.25) is 0 Å². The molecule has 0 unspecified atom stereocenters. The van der Waals surface area contributed by atoms with Crippen LogP contribution in [0.3, 0.4) is 0 Å². The van der Waals surface area contributed by atoms with Crippen molar-refractivity contribution in [3.05, 3.63) is 46.5 Å². The van der Waals surface area contributed by atoms with Crippen LogP contribution in [0.25, 0.3) is 21.5 Å². The Hall–Kier alpha value is -2.78. The van der Waals surface area contributed by atoms with Gasteiger partial charge >= 0.3 is 0 Å². The van der Waals surface area contributed by atoms with Gasteiger partial charge in [0.05, 0.1) is 10.8 Å². The van der Waals surface area contributed by atoms with Crippen molar-refractivity contribution in [2.75, 3.05) is 0 Å². The van der Waals surface area contributed by atoms with Crippen molar-refractivity contribution in [2.24, 2.45) is 0 Å². The summed E-state index contributed by atoms with van der Waals surface area (Å²) in [5.74, 6) is -22.3. The molecule has 3 aromatic rings. The van der Waals surface area contributed by atoms with E-state index < -0.39 is 79.6 Å². The number of hydrogen-bond acceptors (Lipinski definition) is 2. The molecule has 10 heteroatoms. The van der Waals surface area contributed by atoms with Crippen LogP contribution in [0.1, 0.15) is 0 Å². The monoisotopic (exact) mass is 354 g/mol. The molecule has 0 radical (unpaired) electrons. The number of rotatable bonds is 0. The Morgan fingerprint density at radius 1 is 0.333 bits per heavy atom.